The molecule has 0 unspecified atom stereocenters. The number of nitrogens with one attached hydrogen (secondary N) is 2. The Hall–Kier alpha value is -2.97. The van der Waals surface area contributed by atoms with Gasteiger partial charge in [0.2, 0.25) is 0 Å². The van der Waals surface area contributed by atoms with Gasteiger partial charge in [-0.25, -0.2) is 4.39 Å². The van der Waals surface area contributed by atoms with E-state index in [2.05, 4.69) is 42.5 Å². The van der Waals surface area contributed by atoms with Crippen molar-refractivity contribution < 1.29 is 14.0 Å². The highest BCUT2D eigenvalue weighted by atomic mass is 79.9. The van der Waals surface area contributed by atoms with Crippen molar-refractivity contribution in [1.29, 1.82) is 0 Å². The second-order valence-corrected chi connectivity index (χ2v) is 8.83. The molecular weight excluding hydrogens is 541 g/mol. The summed E-state index contributed by atoms with van der Waals surface area (Å²) < 4.78 is 15.4. The number of amides is 2. The van der Waals surface area contributed by atoms with Crippen molar-refractivity contribution in [2.24, 2.45) is 0 Å². The predicted octanol–water partition coefficient (Wildman–Crippen LogP) is 5.83. The molecule has 2 amide bonds. The Labute approximate surface area is 202 Å². The Morgan fingerprint density at radius 3 is 2.28 bits per heavy atom. The third-order valence-electron chi connectivity index (χ3n) is 4.51. The summed E-state index contributed by atoms with van der Waals surface area (Å²) in [5.74, 6) is -1.70. The molecule has 0 aromatic heterocycles. The van der Waals surface area contributed by atoms with Crippen molar-refractivity contribution >= 4 is 61.1 Å². The number of anilines is 2. The molecular formula is C24H20Br2FN3O2. The number of carbonyl (C=O) groups is 2. The summed E-state index contributed by atoms with van der Waals surface area (Å²) in [6.45, 7) is 0. The van der Waals surface area contributed by atoms with E-state index >= 15 is 0 Å². The lowest BCUT2D eigenvalue weighted by Crippen LogP contribution is -2.31. The first-order chi connectivity index (χ1) is 15.2. The highest BCUT2D eigenvalue weighted by molar-refractivity contribution is 9.11. The van der Waals surface area contributed by atoms with Gasteiger partial charge < -0.3 is 15.5 Å². The van der Waals surface area contributed by atoms with Gasteiger partial charge >= 0.3 is 0 Å². The molecule has 3 aromatic carbocycles. The number of para-hydroxylation sites is 1. The minimum absolute atomic E-state index is 0.0189. The van der Waals surface area contributed by atoms with Gasteiger partial charge in [-0.05, 0) is 70.0 Å². The molecule has 32 heavy (non-hydrogen) atoms. The summed E-state index contributed by atoms with van der Waals surface area (Å²) in [7, 11) is 3.85. The molecule has 0 aliphatic carbocycles. The van der Waals surface area contributed by atoms with Gasteiger partial charge in [-0.3, -0.25) is 9.59 Å². The van der Waals surface area contributed by atoms with E-state index < -0.39 is 17.6 Å². The minimum Gasteiger partial charge on any atom is -0.378 e. The van der Waals surface area contributed by atoms with Crippen LogP contribution in [0.15, 0.2) is 81.4 Å². The molecule has 0 atom stereocenters. The fourth-order valence-corrected chi connectivity index (χ4v) is 4.04. The molecule has 0 aliphatic heterocycles. The second-order valence-electron chi connectivity index (χ2n) is 7.06. The van der Waals surface area contributed by atoms with E-state index in [1.165, 1.54) is 18.2 Å². The zero-order valence-electron chi connectivity index (χ0n) is 17.3. The number of halogens is 3. The summed E-state index contributed by atoms with van der Waals surface area (Å²) in [6, 6.07) is 18.4. The molecule has 164 valence electrons. The number of nitrogens with zero attached hydrogens (tertiary/aromatic N) is 1. The maximum atomic E-state index is 14.0. The van der Waals surface area contributed by atoms with Crippen LogP contribution in [0.3, 0.4) is 0 Å². The Bertz CT molecular complexity index is 1180. The number of hydrogen-bond donors (Lipinski definition) is 2. The largest absolute Gasteiger partial charge is 0.378 e. The second kappa shape index (κ2) is 10.6. The molecule has 0 fully saturated rings. The molecule has 0 spiro atoms. The van der Waals surface area contributed by atoms with Gasteiger partial charge in [0, 0.05) is 28.7 Å². The quantitative estimate of drug-likeness (QED) is 0.373. The molecule has 3 aromatic rings. The van der Waals surface area contributed by atoms with Gasteiger partial charge in [0.25, 0.3) is 11.8 Å². The third kappa shape index (κ3) is 6.05. The fourth-order valence-electron chi connectivity index (χ4n) is 2.81. The zero-order chi connectivity index (χ0) is 23.3. The van der Waals surface area contributed by atoms with E-state index in [0.717, 1.165) is 10.2 Å². The number of benzene rings is 3. The highest BCUT2D eigenvalue weighted by Gasteiger charge is 2.18. The van der Waals surface area contributed by atoms with Crippen LogP contribution in [-0.2, 0) is 4.79 Å². The van der Waals surface area contributed by atoms with E-state index in [-0.39, 0.29) is 11.4 Å². The number of hydrogen-bond acceptors (Lipinski definition) is 3. The van der Waals surface area contributed by atoms with Gasteiger partial charge in [0.15, 0.2) is 0 Å². The zero-order valence-corrected chi connectivity index (χ0v) is 20.5. The van der Waals surface area contributed by atoms with Crippen LogP contribution in [0.4, 0.5) is 15.8 Å². The summed E-state index contributed by atoms with van der Waals surface area (Å²) in [5, 5.41) is 5.17. The highest BCUT2D eigenvalue weighted by Crippen LogP contribution is 2.23. The van der Waals surface area contributed by atoms with Crippen LogP contribution in [0, 0.1) is 5.82 Å². The van der Waals surface area contributed by atoms with Crippen molar-refractivity contribution in [2.45, 2.75) is 0 Å². The lowest BCUT2D eigenvalue weighted by molar-refractivity contribution is -0.113. The smallest absolute Gasteiger partial charge is 0.272 e. The minimum atomic E-state index is -0.645. The number of carbonyl (C=O) groups excluding carboxylic acids is 2. The average Bonchev–Trinajstić information content (AvgIpc) is 2.75. The normalized spacial score (nSPS) is 11.1. The van der Waals surface area contributed by atoms with Crippen molar-refractivity contribution in [1.82, 2.24) is 5.32 Å². The fraction of sp³-hybridized carbons (Fsp3) is 0.0833. The topological polar surface area (TPSA) is 61.4 Å². The molecule has 8 heteroatoms. The van der Waals surface area contributed by atoms with Gasteiger partial charge in [-0.1, -0.05) is 40.2 Å². The van der Waals surface area contributed by atoms with E-state index in [0.29, 0.717) is 15.6 Å². The lowest BCUT2D eigenvalue weighted by Gasteiger charge is -2.14. The maximum Gasteiger partial charge on any atom is 0.272 e. The Morgan fingerprint density at radius 1 is 0.969 bits per heavy atom. The standard InChI is InChI=1S/C24H20Br2FN3O2/c1-30(2)17-10-7-15(8-11-17)13-22(24(32)28-21-6-4-3-5-20(21)27)29-23(31)18-12-9-16(25)14-19(18)26/h3-14H,1-2H3,(H,28,32)(H,29,31)/b22-13-. The van der Waals surface area contributed by atoms with Crippen molar-refractivity contribution in [3.05, 3.63) is 98.3 Å². The summed E-state index contributed by atoms with van der Waals surface area (Å²) in [5.41, 5.74) is 2.03. The van der Waals surface area contributed by atoms with Crippen LogP contribution in [0.2, 0.25) is 0 Å². The monoisotopic (exact) mass is 559 g/mol. The molecule has 0 saturated carbocycles. The van der Waals surface area contributed by atoms with Crippen LogP contribution in [0.5, 0.6) is 0 Å². The van der Waals surface area contributed by atoms with E-state index in [9.17, 15) is 14.0 Å². The average molecular weight is 561 g/mol. The van der Waals surface area contributed by atoms with Crippen LogP contribution in [0.25, 0.3) is 6.08 Å². The van der Waals surface area contributed by atoms with Crippen molar-refractivity contribution in [3.63, 3.8) is 0 Å². The Balaban J connectivity index is 1.93. The van der Waals surface area contributed by atoms with Crippen LogP contribution < -0.4 is 15.5 Å². The molecule has 0 aliphatic rings. The van der Waals surface area contributed by atoms with Gasteiger partial charge in [0.05, 0.1) is 11.3 Å². The Morgan fingerprint density at radius 2 is 1.66 bits per heavy atom. The van der Waals surface area contributed by atoms with Crippen LogP contribution in [0.1, 0.15) is 15.9 Å². The number of rotatable bonds is 6. The van der Waals surface area contributed by atoms with E-state index in [1.807, 2.05) is 43.3 Å². The maximum absolute atomic E-state index is 14.0. The SMILES string of the molecule is CN(C)c1ccc(/C=C(\NC(=O)c2ccc(Br)cc2Br)C(=O)Nc2ccccc2F)cc1. The summed E-state index contributed by atoms with van der Waals surface area (Å²) >= 11 is 6.71. The van der Waals surface area contributed by atoms with E-state index in [1.54, 1.807) is 30.3 Å². The molecule has 5 nitrogen and oxygen atoms in total. The first-order valence-electron chi connectivity index (χ1n) is 9.56. The first-order valence-corrected chi connectivity index (χ1v) is 11.1. The molecule has 0 bridgehead atoms. The third-order valence-corrected chi connectivity index (χ3v) is 5.66. The predicted molar refractivity (Wildman–Crippen MR) is 133 cm³/mol. The molecule has 0 heterocycles. The van der Waals surface area contributed by atoms with Gasteiger partial charge in [0.1, 0.15) is 11.5 Å². The van der Waals surface area contributed by atoms with E-state index in [4.69, 9.17) is 0 Å². The van der Waals surface area contributed by atoms with Crippen LogP contribution in [-0.4, -0.2) is 25.9 Å². The van der Waals surface area contributed by atoms with Gasteiger partial charge in [-0.15, -0.1) is 0 Å². The molecule has 0 radical (unpaired) electrons. The molecule has 2 N–H and O–H groups in total. The first kappa shape index (κ1) is 23.7. The summed E-state index contributed by atoms with van der Waals surface area (Å²) in [4.78, 5) is 27.8. The molecule has 3 rings (SSSR count). The molecule has 0 saturated heterocycles. The summed E-state index contributed by atoms with van der Waals surface area (Å²) in [6.07, 6.45) is 1.54. The Kier molecular flexibility index (Phi) is 7.82. The van der Waals surface area contributed by atoms with Crippen molar-refractivity contribution in [3.8, 4) is 0 Å². The van der Waals surface area contributed by atoms with Crippen molar-refractivity contribution in [2.75, 3.05) is 24.3 Å². The van der Waals surface area contributed by atoms with Gasteiger partial charge in [-0.2, -0.15) is 0 Å². The van der Waals surface area contributed by atoms with Crippen LogP contribution >= 0.6 is 31.9 Å². The lowest BCUT2D eigenvalue weighted by atomic mass is 10.1.